The second-order valence-corrected chi connectivity index (χ2v) is 6.98. The first kappa shape index (κ1) is 19.1. The number of ketones is 2. The van der Waals surface area contributed by atoms with Gasteiger partial charge in [-0.15, -0.1) is 0 Å². The van der Waals surface area contributed by atoms with E-state index in [4.69, 9.17) is 4.74 Å². The number of aromatic nitrogens is 1. The summed E-state index contributed by atoms with van der Waals surface area (Å²) in [6.07, 6.45) is 2.12. The third kappa shape index (κ3) is 3.07. The van der Waals surface area contributed by atoms with Gasteiger partial charge in [0.1, 0.15) is 23.4 Å². The number of nitrogens with zero attached hydrogens (tertiary/aromatic N) is 3. The Bertz CT molecular complexity index is 945. The topological polar surface area (TPSA) is 109 Å². The lowest BCUT2D eigenvalue weighted by Gasteiger charge is -2.43. The second kappa shape index (κ2) is 6.99. The molecule has 29 heavy (non-hydrogen) atoms. The van der Waals surface area contributed by atoms with Crippen LogP contribution < -0.4 is 5.32 Å². The number of amides is 2. The molecular weight excluding hydrogens is 390 g/mol. The molecule has 0 saturated carbocycles. The van der Waals surface area contributed by atoms with Gasteiger partial charge in [-0.2, -0.15) is 0 Å². The fraction of sp³-hybridized carbons (Fsp3) is 0.389. The lowest BCUT2D eigenvalue weighted by molar-refractivity contribution is -0.159. The highest BCUT2D eigenvalue weighted by molar-refractivity contribution is 6.53. The molecular formula is C18H16F2N4O5. The van der Waals surface area contributed by atoms with Crippen molar-refractivity contribution in [3.8, 4) is 0 Å². The van der Waals surface area contributed by atoms with Crippen LogP contribution in [-0.2, 0) is 30.5 Å². The lowest BCUT2D eigenvalue weighted by Crippen LogP contribution is -2.65. The number of rotatable bonds is 3. The Morgan fingerprint density at radius 1 is 1.28 bits per heavy atom. The molecule has 2 amide bonds. The summed E-state index contributed by atoms with van der Waals surface area (Å²) in [5.74, 6) is -5.60. The Kier molecular flexibility index (Phi) is 4.61. The first-order valence-corrected chi connectivity index (χ1v) is 8.85. The molecule has 1 N–H and O–H groups in total. The SMILES string of the molecule is C[C@H]1CO[C@@H]2CN3C=C(C(=O)NCc4c(F)cncc4F)C(=O)C(=O)C3C(=O)N12. The molecule has 2 saturated heterocycles. The number of nitrogens with one attached hydrogen (secondary N) is 1. The zero-order chi connectivity index (χ0) is 20.9. The van der Waals surface area contributed by atoms with Crippen molar-refractivity contribution in [3.63, 3.8) is 0 Å². The summed E-state index contributed by atoms with van der Waals surface area (Å²) in [6, 6.07) is -1.56. The lowest BCUT2D eigenvalue weighted by atomic mass is 9.93. The Hall–Kier alpha value is -3.21. The maximum Gasteiger partial charge on any atom is 0.257 e. The van der Waals surface area contributed by atoms with Gasteiger partial charge in [0.15, 0.2) is 6.04 Å². The third-order valence-corrected chi connectivity index (χ3v) is 5.14. The molecule has 0 aromatic carbocycles. The first-order valence-electron chi connectivity index (χ1n) is 8.85. The van der Waals surface area contributed by atoms with E-state index >= 15 is 0 Å². The summed E-state index contributed by atoms with van der Waals surface area (Å²) in [6.45, 7) is 1.65. The molecule has 1 unspecified atom stereocenters. The van der Waals surface area contributed by atoms with Crippen LogP contribution in [0.15, 0.2) is 24.2 Å². The van der Waals surface area contributed by atoms with Crippen LogP contribution in [0.4, 0.5) is 8.78 Å². The number of halogens is 2. The summed E-state index contributed by atoms with van der Waals surface area (Å²) in [5.41, 5.74) is -0.938. The zero-order valence-corrected chi connectivity index (χ0v) is 15.2. The van der Waals surface area contributed by atoms with E-state index in [1.54, 1.807) is 6.92 Å². The highest BCUT2D eigenvalue weighted by Crippen LogP contribution is 2.29. The van der Waals surface area contributed by atoms with Crippen molar-refractivity contribution in [2.24, 2.45) is 0 Å². The van der Waals surface area contributed by atoms with E-state index in [-0.39, 0.29) is 12.6 Å². The fourth-order valence-corrected chi connectivity index (χ4v) is 3.67. The summed E-state index contributed by atoms with van der Waals surface area (Å²) < 4.78 is 32.8. The van der Waals surface area contributed by atoms with Gasteiger partial charge in [-0.05, 0) is 6.92 Å². The minimum absolute atomic E-state index is 0.115. The molecule has 152 valence electrons. The van der Waals surface area contributed by atoms with Crippen molar-refractivity contribution >= 4 is 23.4 Å². The van der Waals surface area contributed by atoms with Crippen LogP contribution in [0.2, 0.25) is 0 Å². The van der Waals surface area contributed by atoms with E-state index in [0.717, 1.165) is 18.6 Å². The van der Waals surface area contributed by atoms with Crippen LogP contribution in [0.3, 0.4) is 0 Å². The first-order chi connectivity index (χ1) is 13.8. The predicted octanol–water partition coefficient (Wildman–Crippen LogP) is -0.731. The molecule has 2 fully saturated rings. The number of hydrogen-bond donors (Lipinski definition) is 1. The van der Waals surface area contributed by atoms with Gasteiger partial charge < -0.3 is 19.9 Å². The van der Waals surface area contributed by atoms with E-state index in [2.05, 4.69) is 10.3 Å². The largest absolute Gasteiger partial charge is 0.354 e. The molecule has 0 bridgehead atoms. The zero-order valence-electron chi connectivity index (χ0n) is 15.2. The summed E-state index contributed by atoms with van der Waals surface area (Å²) in [5, 5.41) is 2.22. The van der Waals surface area contributed by atoms with E-state index in [9.17, 15) is 28.0 Å². The average molecular weight is 406 g/mol. The normalized spacial score (nSPS) is 26.2. The molecule has 0 radical (unpaired) electrons. The highest BCUT2D eigenvalue weighted by atomic mass is 19.1. The number of fused-ring (bicyclic) bond motifs is 2. The molecule has 9 nitrogen and oxygen atoms in total. The molecule has 1 aromatic rings. The van der Waals surface area contributed by atoms with Crippen molar-refractivity contribution in [1.82, 2.24) is 20.1 Å². The molecule has 3 atom stereocenters. The monoisotopic (exact) mass is 406 g/mol. The minimum atomic E-state index is -1.34. The Labute approximate surface area is 163 Å². The third-order valence-electron chi connectivity index (χ3n) is 5.14. The van der Waals surface area contributed by atoms with E-state index in [0.29, 0.717) is 6.61 Å². The van der Waals surface area contributed by atoms with E-state index < -0.39 is 65.0 Å². The van der Waals surface area contributed by atoms with Crippen LogP contribution in [-0.4, -0.2) is 69.6 Å². The number of Topliss-reactive ketones (excluding diaryl/α,β-unsaturated/α-hetero) is 2. The maximum absolute atomic E-state index is 13.6. The van der Waals surface area contributed by atoms with Gasteiger partial charge in [-0.25, -0.2) is 8.78 Å². The number of carbonyl (C=O) groups is 4. The van der Waals surface area contributed by atoms with Crippen molar-refractivity contribution in [1.29, 1.82) is 0 Å². The number of piperazine rings is 1. The Morgan fingerprint density at radius 2 is 1.97 bits per heavy atom. The van der Waals surface area contributed by atoms with Crippen LogP contribution >= 0.6 is 0 Å². The highest BCUT2D eigenvalue weighted by Gasteiger charge is 2.52. The number of pyridine rings is 1. The van der Waals surface area contributed by atoms with Gasteiger partial charge in [0.05, 0.1) is 31.6 Å². The van der Waals surface area contributed by atoms with Crippen molar-refractivity contribution < 1.29 is 32.7 Å². The number of hydrogen-bond acceptors (Lipinski definition) is 7. The van der Waals surface area contributed by atoms with Crippen LogP contribution in [0.5, 0.6) is 0 Å². The minimum Gasteiger partial charge on any atom is -0.354 e. The fourth-order valence-electron chi connectivity index (χ4n) is 3.67. The van der Waals surface area contributed by atoms with Gasteiger partial charge >= 0.3 is 0 Å². The van der Waals surface area contributed by atoms with Gasteiger partial charge in [0.25, 0.3) is 11.8 Å². The van der Waals surface area contributed by atoms with E-state index in [1.165, 1.54) is 9.80 Å². The molecule has 11 heteroatoms. The molecule has 4 rings (SSSR count). The summed E-state index contributed by atoms with van der Waals surface area (Å²) in [4.78, 5) is 56.1. The van der Waals surface area contributed by atoms with Gasteiger partial charge in [0.2, 0.25) is 11.6 Å². The van der Waals surface area contributed by atoms with Gasteiger partial charge in [0, 0.05) is 18.3 Å². The average Bonchev–Trinajstić information content (AvgIpc) is 3.05. The molecule has 0 spiro atoms. The second-order valence-electron chi connectivity index (χ2n) is 6.98. The standard InChI is InChI=1S/C18H16F2N4O5/c1-8-7-29-13-6-23-5-10(15(25)16(26)14(23)18(28)24(8)13)17(27)22-2-9-11(19)3-21-4-12(9)20/h3-5,8,13-14H,2,6-7H2,1H3,(H,22,27)/t8-,13+,14?/m0/s1. The van der Waals surface area contributed by atoms with Crippen molar-refractivity contribution in [3.05, 3.63) is 41.4 Å². The van der Waals surface area contributed by atoms with Crippen molar-refractivity contribution in [2.75, 3.05) is 13.2 Å². The van der Waals surface area contributed by atoms with Gasteiger partial charge in [-0.3, -0.25) is 24.2 Å². The van der Waals surface area contributed by atoms with Crippen LogP contribution in [0.25, 0.3) is 0 Å². The number of carbonyl (C=O) groups excluding carboxylic acids is 4. The van der Waals surface area contributed by atoms with E-state index in [1.807, 2.05) is 0 Å². The summed E-state index contributed by atoms with van der Waals surface area (Å²) >= 11 is 0. The smallest absolute Gasteiger partial charge is 0.257 e. The van der Waals surface area contributed by atoms with Crippen LogP contribution in [0.1, 0.15) is 12.5 Å². The maximum atomic E-state index is 13.6. The van der Waals surface area contributed by atoms with Gasteiger partial charge in [-0.1, -0.05) is 0 Å². The molecule has 3 aliphatic heterocycles. The quantitative estimate of drug-likeness (QED) is 0.400. The Morgan fingerprint density at radius 3 is 2.66 bits per heavy atom. The predicted molar refractivity (Wildman–Crippen MR) is 90.6 cm³/mol. The molecule has 1 aromatic heterocycles. The molecule has 4 heterocycles. The molecule has 0 aliphatic carbocycles. The van der Waals surface area contributed by atoms with Crippen molar-refractivity contribution in [2.45, 2.75) is 31.8 Å². The Balaban J connectivity index is 1.55. The number of ether oxygens (including phenoxy) is 1. The summed E-state index contributed by atoms with van der Waals surface area (Å²) in [7, 11) is 0. The molecule has 3 aliphatic rings. The van der Waals surface area contributed by atoms with Crippen LogP contribution in [0, 0.1) is 11.6 Å².